The van der Waals surface area contributed by atoms with Gasteiger partial charge in [-0.05, 0) is 31.4 Å². The molecule has 0 amide bonds. The number of hydrogen-bond donors (Lipinski definition) is 1. The van der Waals surface area contributed by atoms with E-state index in [1.807, 2.05) is 13.1 Å². The summed E-state index contributed by atoms with van der Waals surface area (Å²) < 4.78 is 5.93. The molecule has 104 valence electrons. The molecular weight excluding hydrogens is 260 g/mol. The van der Waals surface area contributed by atoms with E-state index in [-0.39, 0.29) is 5.41 Å². The number of nitrogens with one attached hydrogen (secondary N) is 1. The quantitative estimate of drug-likeness (QED) is 0.840. The van der Waals surface area contributed by atoms with Gasteiger partial charge in [-0.25, -0.2) is 4.98 Å². The Morgan fingerprint density at radius 1 is 1.47 bits per heavy atom. The predicted octanol–water partition coefficient (Wildman–Crippen LogP) is 3.66. The van der Waals surface area contributed by atoms with Crippen LogP contribution in [-0.2, 0) is 4.74 Å². The molecule has 3 unspecified atom stereocenters. The Hall–Kier alpha value is -0.800. The van der Waals surface area contributed by atoms with E-state index in [0.29, 0.717) is 23.2 Å². The first-order valence-electron chi connectivity index (χ1n) is 7.00. The molecule has 1 N–H and O–H groups in total. The maximum atomic E-state index is 5.97. The molecule has 19 heavy (non-hydrogen) atoms. The summed E-state index contributed by atoms with van der Waals surface area (Å²) in [7, 11) is 0. The Balaban J connectivity index is 1.77. The number of ether oxygens (including phenoxy) is 1. The molecule has 3 rings (SSSR count). The molecule has 1 saturated carbocycles. The van der Waals surface area contributed by atoms with E-state index < -0.39 is 0 Å². The van der Waals surface area contributed by atoms with Gasteiger partial charge in [0, 0.05) is 24.0 Å². The van der Waals surface area contributed by atoms with E-state index in [0.717, 1.165) is 17.9 Å². The highest BCUT2D eigenvalue weighted by atomic mass is 35.5. The first kappa shape index (κ1) is 13.2. The smallest absolute Gasteiger partial charge is 0.132 e. The number of aromatic nitrogens is 1. The number of nitrogens with zero attached hydrogens (tertiary/aromatic N) is 1. The topological polar surface area (TPSA) is 34.1 Å². The molecule has 1 aromatic heterocycles. The van der Waals surface area contributed by atoms with Crippen LogP contribution in [0.4, 0.5) is 5.69 Å². The molecule has 2 heterocycles. The van der Waals surface area contributed by atoms with Gasteiger partial charge in [-0.15, -0.1) is 0 Å². The molecule has 3 atom stereocenters. The minimum absolute atomic E-state index is 0.179. The van der Waals surface area contributed by atoms with Crippen LogP contribution < -0.4 is 5.32 Å². The molecular formula is C15H21ClN2O. The van der Waals surface area contributed by atoms with Crippen LogP contribution in [0.15, 0.2) is 12.3 Å². The van der Waals surface area contributed by atoms with E-state index in [4.69, 9.17) is 16.3 Å². The minimum atomic E-state index is 0.179. The van der Waals surface area contributed by atoms with Crippen LogP contribution in [0.5, 0.6) is 0 Å². The number of rotatable bonds is 2. The molecule has 3 nitrogen and oxygen atoms in total. The average molecular weight is 281 g/mol. The van der Waals surface area contributed by atoms with Gasteiger partial charge in [0.2, 0.25) is 0 Å². The SMILES string of the molecule is Cc1cc(NC2C3CCCOC3C2(C)C)cnc1Cl. The van der Waals surface area contributed by atoms with Crippen LogP contribution in [0, 0.1) is 18.3 Å². The van der Waals surface area contributed by atoms with Gasteiger partial charge in [-0.1, -0.05) is 25.4 Å². The summed E-state index contributed by atoms with van der Waals surface area (Å²) in [6, 6.07) is 2.53. The van der Waals surface area contributed by atoms with Gasteiger partial charge in [-0.2, -0.15) is 0 Å². The van der Waals surface area contributed by atoms with Crippen LogP contribution in [0.1, 0.15) is 32.3 Å². The lowest BCUT2D eigenvalue weighted by Crippen LogP contribution is -2.67. The zero-order chi connectivity index (χ0) is 13.6. The molecule has 0 aromatic carbocycles. The third-order valence-corrected chi connectivity index (χ3v) is 5.06. The van der Waals surface area contributed by atoms with E-state index in [1.165, 1.54) is 12.8 Å². The molecule has 2 fully saturated rings. The molecule has 1 aliphatic heterocycles. The van der Waals surface area contributed by atoms with Gasteiger partial charge in [0.1, 0.15) is 5.15 Å². The molecule has 0 spiro atoms. The molecule has 4 heteroatoms. The number of aryl methyl sites for hydroxylation is 1. The molecule has 1 aliphatic carbocycles. The van der Waals surface area contributed by atoms with E-state index in [2.05, 4.69) is 30.2 Å². The summed E-state index contributed by atoms with van der Waals surface area (Å²) >= 11 is 5.97. The average Bonchev–Trinajstić information content (AvgIpc) is 2.40. The van der Waals surface area contributed by atoms with Crippen molar-refractivity contribution in [2.24, 2.45) is 11.3 Å². The number of hydrogen-bond acceptors (Lipinski definition) is 3. The summed E-state index contributed by atoms with van der Waals surface area (Å²) in [5, 5.41) is 4.22. The van der Waals surface area contributed by atoms with Crippen molar-refractivity contribution >= 4 is 17.3 Å². The van der Waals surface area contributed by atoms with Crippen molar-refractivity contribution in [3.63, 3.8) is 0 Å². The molecule has 2 aliphatic rings. The summed E-state index contributed by atoms with van der Waals surface area (Å²) in [6.07, 6.45) is 4.65. The van der Waals surface area contributed by atoms with E-state index >= 15 is 0 Å². The second kappa shape index (κ2) is 4.64. The summed E-state index contributed by atoms with van der Waals surface area (Å²) in [4.78, 5) is 4.21. The van der Waals surface area contributed by atoms with Gasteiger partial charge in [0.25, 0.3) is 0 Å². The number of anilines is 1. The Bertz CT molecular complexity index is 489. The number of fused-ring (bicyclic) bond motifs is 1. The van der Waals surface area contributed by atoms with Crippen LogP contribution >= 0.6 is 11.6 Å². The lowest BCUT2D eigenvalue weighted by Gasteiger charge is -2.60. The van der Waals surface area contributed by atoms with Gasteiger partial charge in [-0.3, -0.25) is 0 Å². The first-order valence-corrected chi connectivity index (χ1v) is 7.38. The van der Waals surface area contributed by atoms with Crippen molar-refractivity contribution in [3.8, 4) is 0 Å². The molecule has 0 bridgehead atoms. The standard InChI is InChI=1S/C15H21ClN2O/c1-9-7-10(8-17-14(9)16)18-12-11-5-4-6-19-13(11)15(12,2)3/h7-8,11-13,18H,4-6H2,1-3H3. The first-order chi connectivity index (χ1) is 9.00. The zero-order valence-corrected chi connectivity index (χ0v) is 12.5. The Morgan fingerprint density at radius 3 is 3.00 bits per heavy atom. The highest BCUT2D eigenvalue weighted by Gasteiger charge is 2.57. The fourth-order valence-electron chi connectivity index (χ4n) is 3.63. The largest absolute Gasteiger partial charge is 0.380 e. The zero-order valence-electron chi connectivity index (χ0n) is 11.7. The lowest BCUT2D eigenvalue weighted by molar-refractivity contribution is -0.177. The van der Waals surface area contributed by atoms with Gasteiger partial charge in [0.05, 0.1) is 18.0 Å². The highest BCUT2D eigenvalue weighted by molar-refractivity contribution is 6.30. The van der Waals surface area contributed by atoms with Gasteiger partial charge >= 0.3 is 0 Å². The second-order valence-corrected chi connectivity index (χ2v) is 6.73. The third-order valence-electron chi connectivity index (χ3n) is 4.67. The minimum Gasteiger partial charge on any atom is -0.380 e. The summed E-state index contributed by atoms with van der Waals surface area (Å²) in [5.74, 6) is 0.625. The normalized spacial score (nSPS) is 32.3. The van der Waals surface area contributed by atoms with Crippen LogP contribution in [-0.4, -0.2) is 23.7 Å². The number of halogens is 1. The van der Waals surface area contributed by atoms with Crippen LogP contribution in [0.2, 0.25) is 5.15 Å². The lowest BCUT2D eigenvalue weighted by atomic mass is 9.55. The van der Waals surface area contributed by atoms with Crippen LogP contribution in [0.3, 0.4) is 0 Å². The van der Waals surface area contributed by atoms with Crippen molar-refractivity contribution in [2.75, 3.05) is 11.9 Å². The van der Waals surface area contributed by atoms with Crippen molar-refractivity contribution in [1.29, 1.82) is 0 Å². The Morgan fingerprint density at radius 2 is 2.26 bits per heavy atom. The van der Waals surface area contributed by atoms with Crippen molar-refractivity contribution in [1.82, 2.24) is 4.98 Å². The maximum Gasteiger partial charge on any atom is 0.132 e. The fraction of sp³-hybridized carbons (Fsp3) is 0.667. The highest BCUT2D eigenvalue weighted by Crippen LogP contribution is 2.52. The van der Waals surface area contributed by atoms with Crippen molar-refractivity contribution < 1.29 is 4.74 Å². The molecule has 1 aromatic rings. The van der Waals surface area contributed by atoms with Gasteiger partial charge in [0.15, 0.2) is 0 Å². The monoisotopic (exact) mass is 280 g/mol. The summed E-state index contributed by atoms with van der Waals surface area (Å²) in [6.45, 7) is 7.47. The Kier molecular flexibility index (Phi) is 3.22. The second-order valence-electron chi connectivity index (χ2n) is 6.37. The predicted molar refractivity (Wildman–Crippen MR) is 77.6 cm³/mol. The fourth-order valence-corrected chi connectivity index (χ4v) is 3.74. The summed E-state index contributed by atoms with van der Waals surface area (Å²) in [5.41, 5.74) is 2.25. The number of pyridine rings is 1. The van der Waals surface area contributed by atoms with Crippen molar-refractivity contribution in [3.05, 3.63) is 23.0 Å². The van der Waals surface area contributed by atoms with E-state index in [1.54, 1.807) is 0 Å². The molecule has 1 saturated heterocycles. The van der Waals surface area contributed by atoms with Crippen molar-refractivity contribution in [2.45, 2.75) is 45.8 Å². The third kappa shape index (κ3) is 2.13. The van der Waals surface area contributed by atoms with Crippen LogP contribution in [0.25, 0.3) is 0 Å². The van der Waals surface area contributed by atoms with E-state index in [9.17, 15) is 0 Å². The Labute approximate surface area is 119 Å². The maximum absolute atomic E-state index is 5.97. The van der Waals surface area contributed by atoms with Gasteiger partial charge < -0.3 is 10.1 Å². The molecule has 0 radical (unpaired) electrons.